The molecular weight excluding hydrogens is 342 g/mol. The Hall–Kier alpha value is -1.31. The van der Waals surface area contributed by atoms with Crippen molar-refractivity contribution in [3.8, 4) is 0 Å². The van der Waals surface area contributed by atoms with Gasteiger partial charge in [0, 0.05) is 23.0 Å². The van der Waals surface area contributed by atoms with Crippen LogP contribution in [0.4, 0.5) is 0 Å². The normalized spacial score (nSPS) is 16.5. The van der Waals surface area contributed by atoms with E-state index in [0.717, 1.165) is 43.9 Å². The molecule has 22 heavy (non-hydrogen) atoms. The topological polar surface area (TPSA) is 63.2 Å². The number of amides is 1. The van der Waals surface area contributed by atoms with Crippen molar-refractivity contribution in [1.82, 2.24) is 14.5 Å². The summed E-state index contributed by atoms with van der Waals surface area (Å²) in [5.74, 6) is -0.175. The number of likely N-dealkylation sites (tertiary alicyclic amines) is 1. The zero-order chi connectivity index (χ0) is 15.5. The predicted molar refractivity (Wildman–Crippen MR) is 85.8 cm³/mol. The third-order valence-corrected chi connectivity index (χ3v) is 6.18. The molecule has 0 saturated carbocycles. The number of benzene rings is 1. The molecule has 3 rings (SSSR count). The Morgan fingerprint density at radius 2 is 1.86 bits per heavy atom. The summed E-state index contributed by atoms with van der Waals surface area (Å²) in [5, 5.41) is 4.49. The van der Waals surface area contributed by atoms with Crippen molar-refractivity contribution in [3.05, 3.63) is 35.0 Å². The average Bonchev–Trinajstić information content (AvgIpc) is 3.04. The highest BCUT2D eigenvalue weighted by atomic mass is 35.5. The van der Waals surface area contributed by atoms with E-state index in [1.807, 2.05) is 0 Å². The fourth-order valence-corrected chi connectivity index (χ4v) is 4.44. The van der Waals surface area contributed by atoms with Gasteiger partial charge in [-0.15, -0.1) is 5.10 Å². The first-order chi connectivity index (χ1) is 10.7. The molecule has 0 unspecified atom stereocenters. The molecule has 1 saturated heterocycles. The van der Waals surface area contributed by atoms with Crippen LogP contribution in [0, 0.1) is 0 Å². The molecule has 2 heterocycles. The van der Waals surface area contributed by atoms with Gasteiger partial charge in [-0.3, -0.25) is 4.79 Å². The Balaban J connectivity index is 1.86. The largest absolute Gasteiger partial charge is 0.337 e. The fourth-order valence-electron chi connectivity index (χ4n) is 2.35. The van der Waals surface area contributed by atoms with E-state index in [1.54, 1.807) is 29.2 Å². The standard InChI is InChI=1S/C14H14ClN3O2S2/c15-10-4-6-11(7-5-10)22(20)14-12(16-17-21-14)13(19)18-8-2-1-3-9-18/h4-7H,1-3,8-9H2/t22-/m1/s1. The third kappa shape index (κ3) is 3.21. The lowest BCUT2D eigenvalue weighted by atomic mass is 10.1. The Labute approximate surface area is 139 Å². The van der Waals surface area contributed by atoms with Gasteiger partial charge in [-0.1, -0.05) is 16.1 Å². The highest BCUT2D eigenvalue weighted by Gasteiger charge is 2.27. The molecule has 0 bridgehead atoms. The van der Waals surface area contributed by atoms with Crippen LogP contribution in [0.3, 0.4) is 0 Å². The van der Waals surface area contributed by atoms with Crippen LogP contribution in [0.15, 0.2) is 33.4 Å². The van der Waals surface area contributed by atoms with Crippen molar-refractivity contribution in [2.24, 2.45) is 0 Å². The quantitative estimate of drug-likeness (QED) is 0.849. The lowest BCUT2D eigenvalue weighted by Crippen LogP contribution is -2.36. The van der Waals surface area contributed by atoms with Gasteiger partial charge < -0.3 is 4.90 Å². The molecule has 116 valence electrons. The Morgan fingerprint density at radius 3 is 2.55 bits per heavy atom. The lowest BCUT2D eigenvalue weighted by molar-refractivity contribution is 0.0715. The fraction of sp³-hybridized carbons (Fsp3) is 0.357. The predicted octanol–water partition coefficient (Wildman–Crippen LogP) is 2.98. The van der Waals surface area contributed by atoms with Gasteiger partial charge in [0.05, 0.1) is 10.8 Å². The molecule has 1 aliphatic rings. The molecule has 2 aromatic rings. The molecule has 0 spiro atoms. The zero-order valence-electron chi connectivity index (χ0n) is 11.7. The molecule has 5 nitrogen and oxygen atoms in total. The van der Waals surface area contributed by atoms with Crippen molar-refractivity contribution in [3.63, 3.8) is 0 Å². The summed E-state index contributed by atoms with van der Waals surface area (Å²) in [7, 11) is -1.47. The van der Waals surface area contributed by atoms with Crippen molar-refractivity contribution >= 4 is 39.8 Å². The van der Waals surface area contributed by atoms with Gasteiger partial charge >= 0.3 is 0 Å². The summed E-state index contributed by atoms with van der Waals surface area (Å²) in [6.07, 6.45) is 3.14. The maximum atomic E-state index is 12.7. The molecule has 1 amide bonds. The van der Waals surface area contributed by atoms with Gasteiger partial charge in [-0.2, -0.15) is 0 Å². The van der Waals surface area contributed by atoms with E-state index in [9.17, 15) is 9.00 Å². The summed E-state index contributed by atoms with van der Waals surface area (Å²) >= 11 is 6.85. The summed E-state index contributed by atoms with van der Waals surface area (Å²) in [6.45, 7) is 1.45. The SMILES string of the molecule is O=C(c1nnsc1[S@](=O)c1ccc(Cl)cc1)N1CCCCC1. The number of aromatic nitrogens is 2. The summed E-state index contributed by atoms with van der Waals surface area (Å²) in [5.41, 5.74) is 0.209. The Morgan fingerprint density at radius 1 is 1.18 bits per heavy atom. The second-order valence-corrected chi connectivity index (χ2v) is 7.85. The number of hydrogen-bond acceptors (Lipinski definition) is 5. The van der Waals surface area contributed by atoms with E-state index in [0.29, 0.717) is 14.1 Å². The average molecular weight is 356 g/mol. The molecule has 1 atom stereocenters. The maximum absolute atomic E-state index is 12.7. The van der Waals surface area contributed by atoms with Crippen LogP contribution in [0.1, 0.15) is 29.8 Å². The molecule has 8 heteroatoms. The molecular formula is C14H14ClN3O2S2. The number of halogens is 1. The van der Waals surface area contributed by atoms with E-state index in [4.69, 9.17) is 11.6 Å². The van der Waals surface area contributed by atoms with Crippen LogP contribution in [-0.4, -0.2) is 37.7 Å². The van der Waals surface area contributed by atoms with Gasteiger partial charge in [0.25, 0.3) is 5.91 Å². The van der Waals surface area contributed by atoms with Crippen LogP contribution >= 0.6 is 23.1 Å². The van der Waals surface area contributed by atoms with E-state index in [1.165, 1.54) is 0 Å². The second kappa shape index (κ2) is 6.85. The molecule has 0 N–H and O–H groups in total. The number of rotatable bonds is 3. The number of carbonyl (C=O) groups excluding carboxylic acids is 1. The van der Waals surface area contributed by atoms with Crippen LogP contribution in [0.25, 0.3) is 0 Å². The molecule has 1 aliphatic heterocycles. The van der Waals surface area contributed by atoms with E-state index >= 15 is 0 Å². The third-order valence-electron chi connectivity index (χ3n) is 3.50. The van der Waals surface area contributed by atoms with Crippen LogP contribution in [-0.2, 0) is 10.8 Å². The molecule has 0 aliphatic carbocycles. The minimum atomic E-state index is -1.47. The highest BCUT2D eigenvalue weighted by Crippen LogP contribution is 2.25. The van der Waals surface area contributed by atoms with Gasteiger partial charge in [0.2, 0.25) is 0 Å². The van der Waals surface area contributed by atoms with Crippen LogP contribution in [0.2, 0.25) is 5.02 Å². The summed E-state index contributed by atoms with van der Waals surface area (Å²) in [6, 6.07) is 6.73. The number of hydrogen-bond donors (Lipinski definition) is 0. The van der Waals surface area contributed by atoms with E-state index in [2.05, 4.69) is 9.59 Å². The van der Waals surface area contributed by atoms with Crippen molar-refractivity contribution < 1.29 is 9.00 Å². The number of carbonyl (C=O) groups is 1. The van der Waals surface area contributed by atoms with Crippen LogP contribution in [0.5, 0.6) is 0 Å². The molecule has 1 aromatic carbocycles. The van der Waals surface area contributed by atoms with Gasteiger partial charge in [-0.05, 0) is 55.1 Å². The number of nitrogens with zero attached hydrogens (tertiary/aromatic N) is 3. The monoisotopic (exact) mass is 355 g/mol. The minimum absolute atomic E-state index is 0.175. The highest BCUT2D eigenvalue weighted by molar-refractivity contribution is 7.87. The Bertz CT molecular complexity index is 696. The summed E-state index contributed by atoms with van der Waals surface area (Å²) < 4.78 is 16.9. The Kier molecular flexibility index (Phi) is 4.85. The zero-order valence-corrected chi connectivity index (χ0v) is 14.1. The minimum Gasteiger partial charge on any atom is -0.337 e. The van der Waals surface area contributed by atoms with Gasteiger partial charge in [0.1, 0.15) is 0 Å². The second-order valence-electron chi connectivity index (χ2n) is 4.98. The number of piperidine rings is 1. The van der Waals surface area contributed by atoms with Crippen molar-refractivity contribution in [2.45, 2.75) is 28.4 Å². The first-order valence-electron chi connectivity index (χ1n) is 6.96. The van der Waals surface area contributed by atoms with Gasteiger partial charge in [-0.25, -0.2) is 4.21 Å². The summed E-state index contributed by atoms with van der Waals surface area (Å²) in [4.78, 5) is 14.9. The maximum Gasteiger partial charge on any atom is 0.276 e. The molecule has 1 aromatic heterocycles. The van der Waals surface area contributed by atoms with Gasteiger partial charge in [0.15, 0.2) is 9.90 Å². The van der Waals surface area contributed by atoms with Crippen molar-refractivity contribution in [1.29, 1.82) is 0 Å². The first kappa shape index (κ1) is 15.6. The van der Waals surface area contributed by atoms with E-state index < -0.39 is 10.8 Å². The lowest BCUT2D eigenvalue weighted by Gasteiger charge is -2.25. The van der Waals surface area contributed by atoms with E-state index in [-0.39, 0.29) is 11.6 Å². The van der Waals surface area contributed by atoms with Crippen LogP contribution < -0.4 is 0 Å². The smallest absolute Gasteiger partial charge is 0.276 e. The molecule has 0 radical (unpaired) electrons. The molecule has 1 fully saturated rings. The first-order valence-corrected chi connectivity index (χ1v) is 9.26. The van der Waals surface area contributed by atoms with Crippen molar-refractivity contribution in [2.75, 3.05) is 13.1 Å².